The van der Waals surface area contributed by atoms with Crippen LogP contribution in [0.25, 0.3) is 11.4 Å². The third-order valence-electron chi connectivity index (χ3n) is 3.69. The molecule has 0 spiro atoms. The highest BCUT2D eigenvalue weighted by Crippen LogP contribution is 2.24. The molecule has 2 aromatic carbocycles. The maximum Gasteiger partial charge on any atom is 0.387 e. The lowest BCUT2D eigenvalue weighted by Crippen LogP contribution is -2.11. The van der Waals surface area contributed by atoms with Crippen molar-refractivity contribution in [2.24, 2.45) is 0 Å². The Morgan fingerprint density at radius 1 is 1.04 bits per heavy atom. The van der Waals surface area contributed by atoms with Crippen molar-refractivity contribution < 1.29 is 13.5 Å². The molecule has 5 nitrogen and oxygen atoms in total. The molecule has 0 fully saturated rings. The van der Waals surface area contributed by atoms with Gasteiger partial charge in [-0.3, -0.25) is 0 Å². The Bertz CT molecular complexity index is 825. The molecule has 1 heterocycles. The van der Waals surface area contributed by atoms with E-state index in [1.165, 1.54) is 34.1 Å². The Morgan fingerprint density at radius 2 is 1.77 bits per heavy atom. The summed E-state index contributed by atoms with van der Waals surface area (Å²) in [6, 6.07) is 16.4. The Morgan fingerprint density at radius 3 is 2.46 bits per heavy atom. The number of hydrogen-bond donors (Lipinski definition) is 1. The molecule has 8 heteroatoms. The van der Waals surface area contributed by atoms with Crippen LogP contribution < -0.4 is 10.6 Å². The molecule has 0 aliphatic carbocycles. The number of alkyl halides is 2. The minimum absolute atomic E-state index is 0.0855. The topological polar surface area (TPSA) is 66.0 Å². The van der Waals surface area contributed by atoms with Crippen LogP contribution in [0.2, 0.25) is 0 Å². The molecule has 0 aliphatic heterocycles. The van der Waals surface area contributed by atoms with Crippen molar-refractivity contribution in [1.29, 1.82) is 0 Å². The number of aryl methyl sites for hydroxylation is 1. The van der Waals surface area contributed by atoms with Crippen molar-refractivity contribution in [3.05, 3.63) is 60.2 Å². The van der Waals surface area contributed by atoms with Gasteiger partial charge in [-0.05, 0) is 42.7 Å². The number of aromatic nitrogens is 3. The summed E-state index contributed by atoms with van der Waals surface area (Å²) in [4.78, 5) is 0. The monoisotopic (exact) mass is 376 g/mol. The first-order valence-electron chi connectivity index (χ1n) is 8.06. The van der Waals surface area contributed by atoms with Crippen molar-refractivity contribution in [1.82, 2.24) is 14.9 Å². The molecule has 1 aromatic heterocycles. The zero-order valence-corrected chi connectivity index (χ0v) is 14.7. The summed E-state index contributed by atoms with van der Waals surface area (Å²) in [5.41, 5.74) is 1.98. The number of benzene rings is 2. The molecule has 0 aliphatic rings. The molecule has 136 valence electrons. The second-order valence-electron chi connectivity index (χ2n) is 5.52. The summed E-state index contributed by atoms with van der Waals surface area (Å²) >= 11 is 1.53. The average Bonchev–Trinajstić information content (AvgIpc) is 3.00. The number of hydrogen-bond acceptors (Lipinski definition) is 5. The fraction of sp³-hybridized carbons (Fsp3) is 0.222. The smallest absolute Gasteiger partial charge is 0.387 e. The van der Waals surface area contributed by atoms with Gasteiger partial charge in [0, 0.05) is 11.3 Å². The number of nitrogen functional groups attached to an aromatic ring is 1. The quantitative estimate of drug-likeness (QED) is 0.366. The Hall–Kier alpha value is -2.61. The number of ether oxygens (including phenoxy) is 1. The van der Waals surface area contributed by atoms with E-state index < -0.39 is 6.61 Å². The third-order valence-corrected chi connectivity index (χ3v) is 4.72. The highest BCUT2D eigenvalue weighted by molar-refractivity contribution is 7.99. The van der Waals surface area contributed by atoms with Gasteiger partial charge in [0.15, 0.2) is 5.82 Å². The van der Waals surface area contributed by atoms with E-state index in [4.69, 9.17) is 5.84 Å². The molecular weight excluding hydrogens is 358 g/mol. The summed E-state index contributed by atoms with van der Waals surface area (Å²) in [6.45, 7) is -2.85. The van der Waals surface area contributed by atoms with Gasteiger partial charge in [-0.15, -0.1) is 10.2 Å². The minimum atomic E-state index is -2.85. The van der Waals surface area contributed by atoms with E-state index in [1.807, 2.05) is 18.2 Å². The first-order valence-corrected chi connectivity index (χ1v) is 9.04. The highest BCUT2D eigenvalue weighted by atomic mass is 32.2. The number of nitrogens with two attached hydrogens (primary N) is 1. The van der Waals surface area contributed by atoms with Crippen LogP contribution in [0, 0.1) is 0 Å². The maximum atomic E-state index is 12.2. The van der Waals surface area contributed by atoms with Gasteiger partial charge in [0.1, 0.15) is 5.75 Å². The molecule has 0 atom stereocenters. The minimum Gasteiger partial charge on any atom is -0.435 e. The van der Waals surface area contributed by atoms with Gasteiger partial charge in [0.05, 0.1) is 0 Å². The molecule has 0 saturated carbocycles. The van der Waals surface area contributed by atoms with E-state index in [0.717, 1.165) is 18.6 Å². The van der Waals surface area contributed by atoms with Crippen LogP contribution in [0.15, 0.2) is 59.8 Å². The van der Waals surface area contributed by atoms with E-state index in [1.54, 1.807) is 12.1 Å². The van der Waals surface area contributed by atoms with Crippen LogP contribution >= 0.6 is 11.8 Å². The Labute approximate surface area is 154 Å². The van der Waals surface area contributed by atoms with Crippen LogP contribution in [0.5, 0.6) is 5.75 Å². The van der Waals surface area contributed by atoms with E-state index in [-0.39, 0.29) is 5.75 Å². The van der Waals surface area contributed by atoms with Crippen LogP contribution in [0.1, 0.15) is 12.0 Å². The molecule has 2 N–H and O–H groups in total. The number of thioether (sulfide) groups is 1. The van der Waals surface area contributed by atoms with E-state index in [0.29, 0.717) is 16.5 Å². The largest absolute Gasteiger partial charge is 0.435 e. The van der Waals surface area contributed by atoms with Crippen LogP contribution in [-0.4, -0.2) is 27.2 Å². The molecule has 0 bridgehead atoms. The standard InChI is InChI=1S/C18H18F2N4OS/c19-17(20)25-15-10-8-14(9-11-15)16-22-23-18(24(16)21)26-12-4-7-13-5-2-1-3-6-13/h1-3,5-6,8-11,17H,4,7,12,21H2. The van der Waals surface area contributed by atoms with E-state index in [9.17, 15) is 8.78 Å². The van der Waals surface area contributed by atoms with Gasteiger partial charge in [-0.25, -0.2) is 4.68 Å². The third kappa shape index (κ3) is 4.72. The molecule has 3 aromatic rings. The zero-order valence-electron chi connectivity index (χ0n) is 13.9. The van der Waals surface area contributed by atoms with Crippen LogP contribution in [-0.2, 0) is 6.42 Å². The molecular formula is C18H18F2N4OS. The van der Waals surface area contributed by atoms with E-state index in [2.05, 4.69) is 27.1 Å². The molecule has 26 heavy (non-hydrogen) atoms. The van der Waals surface area contributed by atoms with Crippen LogP contribution in [0.4, 0.5) is 8.78 Å². The summed E-state index contributed by atoms with van der Waals surface area (Å²) in [5.74, 6) is 7.49. The summed E-state index contributed by atoms with van der Waals surface area (Å²) in [7, 11) is 0. The van der Waals surface area contributed by atoms with Gasteiger partial charge >= 0.3 is 6.61 Å². The number of halogens is 2. The fourth-order valence-electron chi connectivity index (χ4n) is 2.44. The normalized spacial score (nSPS) is 11.0. The summed E-state index contributed by atoms with van der Waals surface area (Å²) in [5, 5.41) is 8.81. The van der Waals surface area contributed by atoms with Gasteiger partial charge in [-0.2, -0.15) is 8.78 Å². The van der Waals surface area contributed by atoms with Crippen molar-refractivity contribution in [2.75, 3.05) is 11.6 Å². The molecule has 0 radical (unpaired) electrons. The molecule has 0 saturated heterocycles. The van der Waals surface area contributed by atoms with Crippen molar-refractivity contribution in [2.45, 2.75) is 24.6 Å². The predicted molar refractivity (Wildman–Crippen MR) is 97.7 cm³/mol. The lowest BCUT2D eigenvalue weighted by molar-refractivity contribution is -0.0498. The summed E-state index contributed by atoms with van der Waals surface area (Å²) in [6.07, 6.45) is 1.99. The Kier molecular flexibility index (Phi) is 6.06. The predicted octanol–water partition coefficient (Wildman–Crippen LogP) is 3.99. The maximum absolute atomic E-state index is 12.2. The van der Waals surface area contributed by atoms with Gasteiger partial charge in [0.2, 0.25) is 5.16 Å². The van der Waals surface area contributed by atoms with Gasteiger partial charge in [-0.1, -0.05) is 42.1 Å². The number of rotatable bonds is 8. The van der Waals surface area contributed by atoms with Gasteiger partial charge < -0.3 is 10.6 Å². The van der Waals surface area contributed by atoms with E-state index >= 15 is 0 Å². The van der Waals surface area contributed by atoms with Crippen molar-refractivity contribution >= 4 is 11.8 Å². The first-order chi connectivity index (χ1) is 12.6. The second kappa shape index (κ2) is 8.66. The number of nitrogens with zero attached hydrogens (tertiary/aromatic N) is 3. The highest BCUT2D eigenvalue weighted by Gasteiger charge is 2.13. The van der Waals surface area contributed by atoms with Crippen molar-refractivity contribution in [3.63, 3.8) is 0 Å². The average molecular weight is 376 g/mol. The van der Waals surface area contributed by atoms with Crippen LogP contribution in [0.3, 0.4) is 0 Å². The molecule has 3 rings (SSSR count). The Balaban J connectivity index is 1.57. The zero-order chi connectivity index (χ0) is 18.4. The SMILES string of the molecule is Nn1c(SCCCc2ccccc2)nnc1-c1ccc(OC(F)F)cc1. The lowest BCUT2D eigenvalue weighted by atomic mass is 10.1. The molecule has 0 unspecified atom stereocenters. The lowest BCUT2D eigenvalue weighted by Gasteiger charge is -2.06. The van der Waals surface area contributed by atoms with Crippen molar-refractivity contribution in [3.8, 4) is 17.1 Å². The summed E-state index contributed by atoms with van der Waals surface area (Å²) < 4.78 is 30.1. The van der Waals surface area contributed by atoms with Gasteiger partial charge in [0.25, 0.3) is 0 Å². The second-order valence-corrected chi connectivity index (χ2v) is 6.58. The first kappa shape index (κ1) is 18.2. The molecule has 0 amide bonds. The fourth-order valence-corrected chi connectivity index (χ4v) is 3.24.